The molecule has 0 aliphatic heterocycles. The fourth-order valence-electron chi connectivity index (χ4n) is 1.81. The van der Waals surface area contributed by atoms with Crippen LogP contribution in [0.5, 0.6) is 0 Å². The number of benzene rings is 1. The Bertz CT molecular complexity index is 692. The second kappa shape index (κ2) is 8.79. The third-order valence-electron chi connectivity index (χ3n) is 2.98. The molecule has 0 bridgehead atoms. The van der Waals surface area contributed by atoms with Gasteiger partial charge in [0.1, 0.15) is 12.4 Å². The van der Waals surface area contributed by atoms with Gasteiger partial charge in [0.15, 0.2) is 5.76 Å². The standard InChI is InChI=1S/C18H19NO4/c1-2-21-11-12-22-13-17-10-9-16(23-17)8-5-14-3-6-15(7-4-14)18(19)20/h3-4,6-7,9-10H,2,11-13H2,1H3,(H2,19,20). The van der Waals surface area contributed by atoms with Crippen molar-refractivity contribution in [2.24, 2.45) is 5.73 Å². The van der Waals surface area contributed by atoms with Crippen molar-refractivity contribution in [2.45, 2.75) is 13.5 Å². The van der Waals surface area contributed by atoms with Crippen LogP contribution in [0.3, 0.4) is 0 Å². The Balaban J connectivity index is 1.88. The first-order valence-electron chi connectivity index (χ1n) is 7.35. The molecule has 5 heteroatoms. The summed E-state index contributed by atoms with van der Waals surface area (Å²) in [6.45, 7) is 4.12. The van der Waals surface area contributed by atoms with E-state index in [1.54, 1.807) is 30.3 Å². The number of carbonyl (C=O) groups is 1. The van der Waals surface area contributed by atoms with E-state index in [0.29, 0.717) is 37.8 Å². The number of hydrogen-bond acceptors (Lipinski definition) is 4. The lowest BCUT2D eigenvalue weighted by Crippen LogP contribution is -2.10. The second-order valence-electron chi connectivity index (χ2n) is 4.71. The van der Waals surface area contributed by atoms with Crippen LogP contribution in [0.2, 0.25) is 0 Å². The zero-order chi connectivity index (χ0) is 16.5. The van der Waals surface area contributed by atoms with Gasteiger partial charge in [-0.05, 0) is 49.2 Å². The summed E-state index contributed by atoms with van der Waals surface area (Å²) < 4.78 is 16.2. The number of ether oxygens (including phenoxy) is 2. The van der Waals surface area contributed by atoms with E-state index >= 15 is 0 Å². The van der Waals surface area contributed by atoms with Crippen LogP contribution in [0.1, 0.15) is 34.4 Å². The summed E-state index contributed by atoms with van der Waals surface area (Å²) >= 11 is 0. The van der Waals surface area contributed by atoms with Gasteiger partial charge in [0.05, 0.1) is 13.2 Å². The largest absolute Gasteiger partial charge is 0.450 e. The van der Waals surface area contributed by atoms with Gasteiger partial charge in [-0.3, -0.25) is 4.79 Å². The number of primary amides is 1. The van der Waals surface area contributed by atoms with Crippen molar-refractivity contribution in [3.8, 4) is 11.8 Å². The van der Waals surface area contributed by atoms with Gasteiger partial charge in [0, 0.05) is 17.7 Å². The van der Waals surface area contributed by atoms with Crippen LogP contribution in [0.4, 0.5) is 0 Å². The van der Waals surface area contributed by atoms with Crippen molar-refractivity contribution in [3.63, 3.8) is 0 Å². The molecule has 5 nitrogen and oxygen atoms in total. The molecule has 1 heterocycles. The van der Waals surface area contributed by atoms with E-state index in [1.807, 2.05) is 13.0 Å². The minimum absolute atomic E-state index is 0.391. The highest BCUT2D eigenvalue weighted by atomic mass is 16.5. The SMILES string of the molecule is CCOCCOCc1ccc(C#Cc2ccc(C(N)=O)cc2)o1. The maximum Gasteiger partial charge on any atom is 0.248 e. The summed E-state index contributed by atoms with van der Waals surface area (Å²) in [5.41, 5.74) is 6.43. The van der Waals surface area contributed by atoms with Crippen LogP contribution in [-0.4, -0.2) is 25.7 Å². The monoisotopic (exact) mass is 313 g/mol. The van der Waals surface area contributed by atoms with Gasteiger partial charge in [-0.2, -0.15) is 0 Å². The number of rotatable bonds is 7. The topological polar surface area (TPSA) is 74.7 Å². The molecule has 0 fully saturated rings. The molecule has 1 aromatic carbocycles. The van der Waals surface area contributed by atoms with E-state index in [0.717, 1.165) is 11.3 Å². The van der Waals surface area contributed by atoms with Crippen LogP contribution in [0.25, 0.3) is 0 Å². The zero-order valence-corrected chi connectivity index (χ0v) is 13.0. The van der Waals surface area contributed by atoms with Crippen molar-refractivity contribution in [3.05, 3.63) is 59.0 Å². The molecule has 1 aromatic heterocycles. The lowest BCUT2D eigenvalue weighted by Gasteiger charge is -2.01. The number of amides is 1. The number of nitrogens with two attached hydrogens (primary N) is 1. The molecule has 0 aliphatic carbocycles. The van der Waals surface area contributed by atoms with Crippen molar-refractivity contribution in [2.75, 3.05) is 19.8 Å². The minimum atomic E-state index is -0.454. The molecular formula is C18H19NO4. The third kappa shape index (κ3) is 5.62. The van der Waals surface area contributed by atoms with Crippen molar-refractivity contribution < 1.29 is 18.7 Å². The van der Waals surface area contributed by atoms with E-state index in [2.05, 4.69) is 11.8 Å². The Labute approximate surface area is 135 Å². The summed E-state index contributed by atoms with van der Waals surface area (Å²) in [6, 6.07) is 10.4. The maximum atomic E-state index is 11.0. The highest BCUT2D eigenvalue weighted by molar-refractivity contribution is 5.92. The number of furan rings is 1. The summed E-state index contributed by atoms with van der Waals surface area (Å²) in [6.07, 6.45) is 0. The molecule has 0 spiro atoms. The lowest BCUT2D eigenvalue weighted by atomic mass is 10.1. The van der Waals surface area contributed by atoms with E-state index in [-0.39, 0.29) is 0 Å². The molecule has 0 aliphatic rings. The fraction of sp³-hybridized carbons (Fsp3) is 0.278. The molecule has 0 atom stereocenters. The lowest BCUT2D eigenvalue weighted by molar-refractivity contribution is 0.0389. The van der Waals surface area contributed by atoms with Gasteiger partial charge < -0.3 is 19.6 Å². The van der Waals surface area contributed by atoms with E-state index in [4.69, 9.17) is 19.6 Å². The first kappa shape index (κ1) is 16.8. The third-order valence-corrected chi connectivity index (χ3v) is 2.98. The van der Waals surface area contributed by atoms with Gasteiger partial charge in [0.25, 0.3) is 0 Å². The Morgan fingerprint density at radius 2 is 1.83 bits per heavy atom. The summed E-state index contributed by atoms with van der Waals surface area (Å²) in [5, 5.41) is 0. The molecule has 2 rings (SSSR count). The van der Waals surface area contributed by atoms with E-state index in [9.17, 15) is 4.79 Å². The predicted molar refractivity (Wildman–Crippen MR) is 85.8 cm³/mol. The number of hydrogen-bond donors (Lipinski definition) is 1. The summed E-state index contributed by atoms with van der Waals surface area (Å²) in [7, 11) is 0. The zero-order valence-electron chi connectivity index (χ0n) is 13.0. The first-order chi connectivity index (χ1) is 11.2. The van der Waals surface area contributed by atoms with Crippen LogP contribution in [-0.2, 0) is 16.1 Å². The summed E-state index contributed by atoms with van der Waals surface area (Å²) in [4.78, 5) is 11.0. The Morgan fingerprint density at radius 1 is 1.09 bits per heavy atom. The average Bonchev–Trinajstić information content (AvgIpc) is 3.01. The molecule has 120 valence electrons. The molecule has 0 saturated heterocycles. The Morgan fingerprint density at radius 3 is 2.52 bits per heavy atom. The van der Waals surface area contributed by atoms with E-state index < -0.39 is 5.91 Å². The van der Waals surface area contributed by atoms with Gasteiger partial charge in [-0.25, -0.2) is 0 Å². The van der Waals surface area contributed by atoms with Crippen molar-refractivity contribution >= 4 is 5.91 Å². The fourth-order valence-corrected chi connectivity index (χ4v) is 1.81. The predicted octanol–water partition coefficient (Wildman–Crippen LogP) is 2.33. The molecule has 2 aromatic rings. The highest BCUT2D eigenvalue weighted by Gasteiger charge is 2.01. The van der Waals surface area contributed by atoms with Gasteiger partial charge >= 0.3 is 0 Å². The van der Waals surface area contributed by atoms with Crippen LogP contribution < -0.4 is 5.73 Å². The Kier molecular flexibility index (Phi) is 6.42. The number of carbonyl (C=O) groups excluding carboxylic acids is 1. The van der Waals surface area contributed by atoms with Crippen molar-refractivity contribution in [1.82, 2.24) is 0 Å². The van der Waals surface area contributed by atoms with Gasteiger partial charge in [-0.15, -0.1) is 0 Å². The average molecular weight is 313 g/mol. The van der Waals surface area contributed by atoms with Crippen molar-refractivity contribution in [1.29, 1.82) is 0 Å². The molecular weight excluding hydrogens is 294 g/mol. The molecule has 0 radical (unpaired) electrons. The smallest absolute Gasteiger partial charge is 0.248 e. The van der Waals surface area contributed by atoms with Crippen LogP contribution in [0.15, 0.2) is 40.8 Å². The Hall–Kier alpha value is -2.55. The quantitative estimate of drug-likeness (QED) is 0.629. The first-order valence-corrected chi connectivity index (χ1v) is 7.35. The highest BCUT2D eigenvalue weighted by Crippen LogP contribution is 2.09. The molecule has 23 heavy (non-hydrogen) atoms. The van der Waals surface area contributed by atoms with E-state index in [1.165, 1.54) is 0 Å². The maximum absolute atomic E-state index is 11.0. The van der Waals surface area contributed by atoms with Gasteiger partial charge in [-0.1, -0.05) is 5.92 Å². The molecule has 0 unspecified atom stereocenters. The second-order valence-corrected chi connectivity index (χ2v) is 4.71. The van der Waals surface area contributed by atoms with Gasteiger partial charge in [0.2, 0.25) is 5.91 Å². The van der Waals surface area contributed by atoms with Crippen LogP contribution in [0, 0.1) is 11.8 Å². The molecule has 1 amide bonds. The summed E-state index contributed by atoms with van der Waals surface area (Å²) in [5.74, 6) is 6.72. The minimum Gasteiger partial charge on any atom is -0.450 e. The molecule has 2 N–H and O–H groups in total. The van der Waals surface area contributed by atoms with Crippen LogP contribution >= 0.6 is 0 Å². The normalized spacial score (nSPS) is 10.1. The molecule has 0 saturated carbocycles.